The Kier molecular flexibility index (Phi) is 3.24. The number of ether oxygens (including phenoxy) is 1. The number of esters is 1. The third kappa shape index (κ3) is 2.05. The van der Waals surface area contributed by atoms with Gasteiger partial charge in [0.2, 0.25) is 0 Å². The summed E-state index contributed by atoms with van der Waals surface area (Å²) in [5.41, 5.74) is 3.48. The largest absolute Gasteiger partial charge is 0.468 e. The Hall–Kier alpha value is -2.11. The van der Waals surface area contributed by atoms with E-state index in [2.05, 4.69) is 33.9 Å². The van der Waals surface area contributed by atoms with E-state index in [1.165, 1.54) is 22.9 Å². The van der Waals surface area contributed by atoms with Crippen molar-refractivity contribution >= 4 is 28.2 Å². The summed E-state index contributed by atoms with van der Waals surface area (Å²) in [5, 5.41) is 6.67. The Balaban J connectivity index is 1.88. The molecule has 0 radical (unpaired) electrons. The molecule has 3 aromatic rings. The van der Waals surface area contributed by atoms with E-state index in [4.69, 9.17) is 4.74 Å². The van der Waals surface area contributed by atoms with Gasteiger partial charge in [0, 0.05) is 27.9 Å². The first kappa shape index (κ1) is 13.5. The van der Waals surface area contributed by atoms with Gasteiger partial charge in [-0.25, -0.2) is 0 Å². The predicted octanol–water partition coefficient (Wildman–Crippen LogP) is 3.01. The van der Waals surface area contributed by atoms with E-state index in [0.717, 1.165) is 11.2 Å². The second kappa shape index (κ2) is 5.26. The molecule has 0 aliphatic carbocycles. The van der Waals surface area contributed by atoms with Crippen molar-refractivity contribution in [3.63, 3.8) is 0 Å². The number of hydrogen-bond donors (Lipinski definition) is 2. The number of thiophene rings is 1. The summed E-state index contributed by atoms with van der Waals surface area (Å²) in [4.78, 5) is 16.8. The number of nitrogens with one attached hydrogen (secondary N) is 2. The van der Waals surface area contributed by atoms with Crippen molar-refractivity contribution in [1.82, 2.24) is 10.3 Å². The number of benzene rings is 1. The van der Waals surface area contributed by atoms with Crippen molar-refractivity contribution in [3.8, 4) is 0 Å². The Labute approximate surface area is 132 Å². The van der Waals surface area contributed by atoms with Crippen molar-refractivity contribution in [2.45, 2.75) is 18.5 Å². The highest BCUT2D eigenvalue weighted by Gasteiger charge is 2.34. The number of fused-ring (bicyclic) bond motifs is 3. The number of para-hydroxylation sites is 1. The zero-order valence-corrected chi connectivity index (χ0v) is 12.9. The molecule has 112 valence electrons. The molecule has 22 heavy (non-hydrogen) atoms. The molecule has 0 saturated heterocycles. The highest BCUT2D eigenvalue weighted by molar-refractivity contribution is 7.10. The van der Waals surface area contributed by atoms with Crippen LogP contribution >= 0.6 is 11.3 Å². The van der Waals surface area contributed by atoms with Crippen molar-refractivity contribution in [1.29, 1.82) is 0 Å². The minimum Gasteiger partial charge on any atom is -0.468 e. The molecule has 4 rings (SSSR count). The summed E-state index contributed by atoms with van der Waals surface area (Å²) in [6, 6.07) is 12.1. The van der Waals surface area contributed by atoms with Crippen LogP contribution in [0.15, 0.2) is 41.8 Å². The minimum absolute atomic E-state index is 0.000231. The molecule has 0 bridgehead atoms. The van der Waals surface area contributed by atoms with E-state index >= 15 is 0 Å². The maximum absolute atomic E-state index is 12.1. The van der Waals surface area contributed by atoms with Crippen LogP contribution in [0.2, 0.25) is 0 Å². The monoisotopic (exact) mass is 312 g/mol. The summed E-state index contributed by atoms with van der Waals surface area (Å²) >= 11 is 1.69. The average molecular weight is 312 g/mol. The van der Waals surface area contributed by atoms with Gasteiger partial charge in [-0.2, -0.15) is 0 Å². The smallest absolute Gasteiger partial charge is 0.323 e. The van der Waals surface area contributed by atoms with Crippen LogP contribution in [0.3, 0.4) is 0 Å². The quantitative estimate of drug-likeness (QED) is 0.715. The Morgan fingerprint density at radius 1 is 1.27 bits per heavy atom. The minimum atomic E-state index is -0.316. The molecule has 1 aliphatic rings. The summed E-state index contributed by atoms with van der Waals surface area (Å²) < 4.78 is 4.95. The van der Waals surface area contributed by atoms with Gasteiger partial charge < -0.3 is 9.72 Å². The molecule has 5 heteroatoms. The van der Waals surface area contributed by atoms with Gasteiger partial charge >= 0.3 is 5.97 Å². The molecule has 3 heterocycles. The average Bonchev–Trinajstić information content (AvgIpc) is 3.20. The maximum Gasteiger partial charge on any atom is 0.323 e. The van der Waals surface area contributed by atoms with Gasteiger partial charge in [0.25, 0.3) is 0 Å². The fraction of sp³-hybridized carbons (Fsp3) is 0.235. The molecule has 2 atom stereocenters. The number of methoxy groups -OCH3 is 1. The lowest BCUT2D eigenvalue weighted by atomic mass is 9.93. The number of hydrogen-bond acceptors (Lipinski definition) is 4. The molecule has 2 N–H and O–H groups in total. The molecule has 0 unspecified atom stereocenters. The van der Waals surface area contributed by atoms with E-state index < -0.39 is 0 Å². The molecule has 4 nitrogen and oxygen atoms in total. The molecule has 1 aromatic carbocycles. The molecule has 2 aromatic heterocycles. The van der Waals surface area contributed by atoms with Gasteiger partial charge in [0.15, 0.2) is 0 Å². The van der Waals surface area contributed by atoms with Crippen LogP contribution in [0.1, 0.15) is 22.2 Å². The van der Waals surface area contributed by atoms with Crippen molar-refractivity contribution in [3.05, 3.63) is 57.9 Å². The third-order valence-corrected chi connectivity index (χ3v) is 5.16. The molecule has 0 fully saturated rings. The number of carbonyl (C=O) groups is 1. The lowest BCUT2D eigenvalue weighted by molar-refractivity contribution is -0.143. The van der Waals surface area contributed by atoms with E-state index in [-0.39, 0.29) is 18.1 Å². The second-order valence-electron chi connectivity index (χ2n) is 5.46. The second-order valence-corrected chi connectivity index (χ2v) is 6.44. The molecule has 1 aliphatic heterocycles. The number of rotatable bonds is 2. The number of carbonyl (C=O) groups excluding carboxylic acids is 1. The standard InChI is InChI=1S/C17H16N2O2S/c1-21-17(20)13-9-11-10-5-2-3-6-12(10)18-15(11)16(19-13)14-7-4-8-22-14/h2-8,13,16,18-19H,9H2,1H3/t13-,16+/m1/s1. The Bertz CT molecular complexity index is 822. The van der Waals surface area contributed by atoms with Gasteiger partial charge in [-0.15, -0.1) is 11.3 Å². The number of aromatic nitrogens is 1. The van der Waals surface area contributed by atoms with Crippen molar-refractivity contribution < 1.29 is 9.53 Å². The topological polar surface area (TPSA) is 54.1 Å². The molecular weight excluding hydrogens is 296 g/mol. The first-order valence-electron chi connectivity index (χ1n) is 7.24. The highest BCUT2D eigenvalue weighted by atomic mass is 32.1. The maximum atomic E-state index is 12.1. The van der Waals surface area contributed by atoms with Crippen LogP contribution in [-0.4, -0.2) is 24.1 Å². The zero-order chi connectivity index (χ0) is 15.1. The van der Waals surface area contributed by atoms with Gasteiger partial charge in [-0.1, -0.05) is 24.3 Å². The summed E-state index contributed by atoms with van der Waals surface area (Å²) in [6.07, 6.45) is 0.647. The van der Waals surface area contributed by atoms with Crippen LogP contribution in [0.25, 0.3) is 10.9 Å². The van der Waals surface area contributed by atoms with Crippen LogP contribution in [-0.2, 0) is 16.0 Å². The summed E-state index contributed by atoms with van der Waals surface area (Å²) in [6.45, 7) is 0. The van der Waals surface area contributed by atoms with Crippen molar-refractivity contribution in [2.75, 3.05) is 7.11 Å². The van der Waals surface area contributed by atoms with Crippen LogP contribution in [0.5, 0.6) is 0 Å². The van der Waals surface area contributed by atoms with E-state index in [9.17, 15) is 4.79 Å². The van der Waals surface area contributed by atoms with Gasteiger partial charge in [-0.3, -0.25) is 10.1 Å². The van der Waals surface area contributed by atoms with E-state index in [1.54, 1.807) is 11.3 Å². The SMILES string of the molecule is COC(=O)[C@H]1Cc2c([nH]c3ccccc23)[C@H](c2cccs2)N1. The molecule has 0 spiro atoms. The fourth-order valence-electron chi connectivity index (χ4n) is 3.21. The third-order valence-electron chi connectivity index (χ3n) is 4.22. The fourth-order valence-corrected chi connectivity index (χ4v) is 4.00. The lowest BCUT2D eigenvalue weighted by Crippen LogP contribution is -2.45. The van der Waals surface area contributed by atoms with Gasteiger partial charge in [0.1, 0.15) is 6.04 Å². The van der Waals surface area contributed by atoms with E-state index in [1.807, 2.05) is 18.2 Å². The first-order valence-corrected chi connectivity index (χ1v) is 8.12. The summed E-state index contributed by atoms with van der Waals surface area (Å²) in [5.74, 6) is -0.211. The van der Waals surface area contributed by atoms with Gasteiger partial charge in [-0.05, 0) is 23.1 Å². The number of H-pyrrole nitrogens is 1. The Morgan fingerprint density at radius 2 is 2.14 bits per heavy atom. The number of aromatic amines is 1. The van der Waals surface area contributed by atoms with Crippen LogP contribution < -0.4 is 5.32 Å². The molecular formula is C17H16N2O2S. The molecule has 0 saturated carbocycles. The zero-order valence-electron chi connectivity index (χ0n) is 12.1. The lowest BCUT2D eigenvalue weighted by Gasteiger charge is -2.29. The van der Waals surface area contributed by atoms with Gasteiger partial charge in [0.05, 0.1) is 13.2 Å². The van der Waals surface area contributed by atoms with Crippen LogP contribution in [0.4, 0.5) is 0 Å². The van der Waals surface area contributed by atoms with Crippen LogP contribution in [0, 0.1) is 0 Å². The first-order chi connectivity index (χ1) is 10.8. The Morgan fingerprint density at radius 3 is 2.91 bits per heavy atom. The normalized spacial score (nSPS) is 20.8. The molecule has 0 amide bonds. The van der Waals surface area contributed by atoms with E-state index in [0.29, 0.717) is 6.42 Å². The highest BCUT2D eigenvalue weighted by Crippen LogP contribution is 2.36. The summed E-state index contributed by atoms with van der Waals surface area (Å²) in [7, 11) is 1.44. The predicted molar refractivity (Wildman–Crippen MR) is 87.1 cm³/mol. The van der Waals surface area contributed by atoms with Crippen molar-refractivity contribution in [2.24, 2.45) is 0 Å².